The molecule has 84 valence electrons. The zero-order valence-electron chi connectivity index (χ0n) is 7.90. The normalized spacial score (nSPS) is 21.9. The molecule has 0 aromatic heterocycles. The molecule has 0 aromatic rings. The molecule has 0 spiro atoms. The molecule has 1 saturated heterocycles. The van der Waals surface area contributed by atoms with E-state index in [1.165, 1.54) is 0 Å². The van der Waals surface area contributed by atoms with Gasteiger partial charge in [0.1, 0.15) is 12.1 Å². The van der Waals surface area contributed by atoms with Crippen LogP contribution in [0.25, 0.3) is 0 Å². The van der Waals surface area contributed by atoms with Crippen molar-refractivity contribution in [3.05, 3.63) is 0 Å². The number of aliphatic carboxylic acids is 1. The van der Waals surface area contributed by atoms with Crippen LogP contribution in [0.5, 0.6) is 0 Å². The Bertz CT molecular complexity index is 291. The Hall–Kier alpha value is -1.63. The van der Waals surface area contributed by atoms with Gasteiger partial charge in [-0.25, -0.2) is 4.79 Å². The van der Waals surface area contributed by atoms with Gasteiger partial charge in [0.25, 0.3) is 0 Å². The SMILES string of the molecule is O=C1CCC(C(=O)N[C@@H](CO)C(=O)O)N1. The summed E-state index contributed by atoms with van der Waals surface area (Å²) in [5.74, 6) is -2.12. The first-order valence-corrected chi connectivity index (χ1v) is 4.48. The van der Waals surface area contributed by atoms with Crippen molar-refractivity contribution in [3.8, 4) is 0 Å². The smallest absolute Gasteiger partial charge is 0.328 e. The molecule has 1 heterocycles. The van der Waals surface area contributed by atoms with Gasteiger partial charge in [0.2, 0.25) is 11.8 Å². The van der Waals surface area contributed by atoms with Crippen LogP contribution in [0.2, 0.25) is 0 Å². The standard InChI is InChI=1S/C8H12N2O5/c11-3-5(8(14)15)10-7(13)4-1-2-6(12)9-4/h4-5,11H,1-3H2,(H,9,12)(H,10,13)(H,14,15)/t4?,5-/m0/s1. The van der Waals surface area contributed by atoms with Gasteiger partial charge >= 0.3 is 5.97 Å². The molecule has 7 nitrogen and oxygen atoms in total. The van der Waals surface area contributed by atoms with Crippen LogP contribution in [0.1, 0.15) is 12.8 Å². The van der Waals surface area contributed by atoms with Gasteiger partial charge in [-0.1, -0.05) is 0 Å². The minimum absolute atomic E-state index is 0.231. The number of aliphatic hydroxyl groups is 1. The summed E-state index contributed by atoms with van der Waals surface area (Å²) >= 11 is 0. The molecule has 1 aliphatic rings. The Balaban J connectivity index is 2.47. The first-order chi connectivity index (χ1) is 7.04. The lowest BCUT2D eigenvalue weighted by atomic mass is 10.2. The Morgan fingerprint density at radius 1 is 1.60 bits per heavy atom. The van der Waals surface area contributed by atoms with Gasteiger partial charge in [-0.15, -0.1) is 0 Å². The molecule has 0 aliphatic carbocycles. The fourth-order valence-corrected chi connectivity index (χ4v) is 1.27. The van der Waals surface area contributed by atoms with Crippen molar-refractivity contribution >= 4 is 17.8 Å². The maximum atomic E-state index is 11.4. The highest BCUT2D eigenvalue weighted by molar-refractivity contribution is 5.92. The highest BCUT2D eigenvalue weighted by Crippen LogP contribution is 2.06. The summed E-state index contributed by atoms with van der Waals surface area (Å²) in [6.45, 7) is -0.679. The van der Waals surface area contributed by atoms with Gasteiger partial charge < -0.3 is 20.8 Å². The Kier molecular flexibility index (Phi) is 3.62. The van der Waals surface area contributed by atoms with E-state index in [0.29, 0.717) is 6.42 Å². The highest BCUT2D eigenvalue weighted by Gasteiger charge is 2.29. The van der Waals surface area contributed by atoms with Crippen LogP contribution < -0.4 is 10.6 Å². The molecular formula is C8H12N2O5. The molecule has 0 aromatic carbocycles. The van der Waals surface area contributed by atoms with Crippen molar-refractivity contribution < 1.29 is 24.6 Å². The third kappa shape index (κ3) is 2.91. The van der Waals surface area contributed by atoms with E-state index in [1.807, 2.05) is 0 Å². The van der Waals surface area contributed by atoms with Gasteiger partial charge in [0.15, 0.2) is 0 Å². The number of hydrogen-bond donors (Lipinski definition) is 4. The van der Waals surface area contributed by atoms with Crippen molar-refractivity contribution in [2.45, 2.75) is 24.9 Å². The van der Waals surface area contributed by atoms with Gasteiger partial charge in [-0.3, -0.25) is 9.59 Å². The van der Waals surface area contributed by atoms with Crippen LogP contribution in [0.3, 0.4) is 0 Å². The summed E-state index contributed by atoms with van der Waals surface area (Å²) in [4.78, 5) is 32.6. The van der Waals surface area contributed by atoms with Crippen LogP contribution >= 0.6 is 0 Å². The average molecular weight is 216 g/mol. The van der Waals surface area contributed by atoms with Crippen LogP contribution in [-0.4, -0.2) is 46.7 Å². The van der Waals surface area contributed by atoms with Crippen molar-refractivity contribution in [2.75, 3.05) is 6.61 Å². The molecule has 1 aliphatic heterocycles. The number of carboxylic acids is 1. The number of carbonyl (C=O) groups is 3. The molecular weight excluding hydrogens is 204 g/mol. The third-order valence-electron chi connectivity index (χ3n) is 2.11. The van der Waals surface area contributed by atoms with E-state index in [2.05, 4.69) is 10.6 Å². The fraction of sp³-hybridized carbons (Fsp3) is 0.625. The summed E-state index contributed by atoms with van der Waals surface area (Å²) in [7, 11) is 0. The summed E-state index contributed by atoms with van der Waals surface area (Å²) < 4.78 is 0. The van der Waals surface area contributed by atoms with Crippen LogP contribution in [-0.2, 0) is 14.4 Å². The Morgan fingerprint density at radius 2 is 2.27 bits per heavy atom. The summed E-state index contributed by atoms with van der Waals surface area (Å²) in [6, 6.07) is -2.01. The number of carbonyl (C=O) groups excluding carboxylic acids is 2. The Labute approximate surface area is 85.5 Å². The summed E-state index contributed by atoms with van der Waals surface area (Å²) in [5, 5.41) is 21.7. The predicted molar refractivity (Wildman–Crippen MR) is 47.8 cm³/mol. The van der Waals surface area contributed by atoms with Gasteiger partial charge in [-0.2, -0.15) is 0 Å². The number of carboxylic acid groups (broad SMARTS) is 1. The van der Waals surface area contributed by atoms with Crippen molar-refractivity contribution in [1.29, 1.82) is 0 Å². The molecule has 4 N–H and O–H groups in total. The molecule has 0 bridgehead atoms. The first kappa shape index (κ1) is 11.4. The predicted octanol–water partition coefficient (Wildman–Crippen LogP) is -2.17. The van der Waals surface area contributed by atoms with Crippen molar-refractivity contribution in [1.82, 2.24) is 10.6 Å². The minimum atomic E-state index is -1.32. The van der Waals surface area contributed by atoms with Gasteiger partial charge in [0.05, 0.1) is 6.61 Å². The number of aliphatic hydroxyl groups excluding tert-OH is 1. The molecule has 15 heavy (non-hydrogen) atoms. The minimum Gasteiger partial charge on any atom is -0.480 e. The lowest BCUT2D eigenvalue weighted by Crippen LogP contribution is -2.50. The van der Waals surface area contributed by atoms with E-state index in [1.54, 1.807) is 0 Å². The van der Waals surface area contributed by atoms with Crippen LogP contribution in [0, 0.1) is 0 Å². The van der Waals surface area contributed by atoms with Crippen molar-refractivity contribution in [3.63, 3.8) is 0 Å². The maximum Gasteiger partial charge on any atom is 0.328 e. The fourth-order valence-electron chi connectivity index (χ4n) is 1.27. The first-order valence-electron chi connectivity index (χ1n) is 4.48. The van der Waals surface area contributed by atoms with E-state index < -0.39 is 30.6 Å². The summed E-state index contributed by atoms with van der Waals surface area (Å²) in [6.07, 6.45) is 0.609. The van der Waals surface area contributed by atoms with E-state index in [9.17, 15) is 14.4 Å². The average Bonchev–Trinajstić information content (AvgIpc) is 2.60. The van der Waals surface area contributed by atoms with Gasteiger partial charge in [0, 0.05) is 6.42 Å². The number of amides is 2. The highest BCUT2D eigenvalue weighted by atomic mass is 16.4. The second-order valence-electron chi connectivity index (χ2n) is 3.24. The Morgan fingerprint density at radius 3 is 2.67 bits per heavy atom. The maximum absolute atomic E-state index is 11.4. The largest absolute Gasteiger partial charge is 0.480 e. The number of hydrogen-bond acceptors (Lipinski definition) is 4. The molecule has 1 fully saturated rings. The molecule has 1 unspecified atom stereocenters. The molecule has 0 radical (unpaired) electrons. The number of nitrogens with one attached hydrogen (secondary N) is 2. The van der Waals surface area contributed by atoms with Crippen LogP contribution in [0.4, 0.5) is 0 Å². The van der Waals surface area contributed by atoms with Crippen molar-refractivity contribution in [2.24, 2.45) is 0 Å². The van der Waals surface area contributed by atoms with E-state index >= 15 is 0 Å². The zero-order chi connectivity index (χ0) is 11.4. The topological polar surface area (TPSA) is 116 Å². The van der Waals surface area contributed by atoms with Gasteiger partial charge in [-0.05, 0) is 6.42 Å². The zero-order valence-corrected chi connectivity index (χ0v) is 7.90. The monoisotopic (exact) mass is 216 g/mol. The molecule has 1 rings (SSSR count). The third-order valence-corrected chi connectivity index (χ3v) is 2.11. The van der Waals surface area contributed by atoms with Crippen LogP contribution in [0.15, 0.2) is 0 Å². The van der Waals surface area contributed by atoms with E-state index in [4.69, 9.17) is 10.2 Å². The van der Waals surface area contributed by atoms with E-state index in [-0.39, 0.29) is 12.3 Å². The van der Waals surface area contributed by atoms with E-state index in [0.717, 1.165) is 0 Å². The summed E-state index contributed by atoms with van der Waals surface area (Å²) in [5.41, 5.74) is 0. The molecule has 2 atom stereocenters. The molecule has 2 amide bonds. The second-order valence-corrected chi connectivity index (χ2v) is 3.24. The lowest BCUT2D eigenvalue weighted by Gasteiger charge is -2.15. The lowest BCUT2D eigenvalue weighted by molar-refractivity contribution is -0.143. The second kappa shape index (κ2) is 4.74. The molecule has 7 heteroatoms. The quantitative estimate of drug-likeness (QED) is 0.426. The molecule has 0 saturated carbocycles. The number of rotatable bonds is 4.